The fourth-order valence-corrected chi connectivity index (χ4v) is 4.85. The van der Waals surface area contributed by atoms with Crippen molar-refractivity contribution in [3.63, 3.8) is 0 Å². The van der Waals surface area contributed by atoms with Crippen molar-refractivity contribution >= 4 is 44.9 Å². The number of benzene rings is 4. The number of hydrogen-bond acceptors (Lipinski definition) is 4. The molecular weight excluding hydrogens is 440 g/mol. The molecule has 6 heteroatoms. The van der Waals surface area contributed by atoms with Gasteiger partial charge in [-0.1, -0.05) is 90.6 Å². The first kappa shape index (κ1) is 21.9. The number of hydrogen-bond donors (Lipinski definition) is 1. The Hall–Kier alpha value is -3.90. The molecule has 0 fully saturated rings. The number of nitrogens with zero attached hydrogens (tertiary/aromatic N) is 3. The predicted molar refractivity (Wildman–Crippen MR) is 140 cm³/mol. The number of nitrogens with one attached hydrogen (secondary N) is 1. The van der Waals surface area contributed by atoms with Gasteiger partial charge in [0.25, 0.3) is 0 Å². The molecule has 0 spiro atoms. The first-order valence-electron chi connectivity index (χ1n) is 11.1. The highest BCUT2D eigenvalue weighted by Gasteiger charge is 2.15. The standard InChI is InChI=1S/C28H24N4OS/c1-2-16-32-26(18-23-12-7-11-21-9-5-6-13-25(21)23)30-31-28(32)34-19-27(33)29-24-15-14-20-8-3-4-10-22(20)17-24/h2-15,17H,1,16,18-19H2,(H,29,33). The van der Waals surface area contributed by atoms with Crippen LogP contribution >= 0.6 is 11.8 Å². The Labute approximate surface area is 202 Å². The molecule has 0 saturated heterocycles. The smallest absolute Gasteiger partial charge is 0.234 e. The summed E-state index contributed by atoms with van der Waals surface area (Å²) in [7, 11) is 0. The molecule has 0 unspecified atom stereocenters. The maximum Gasteiger partial charge on any atom is 0.234 e. The lowest BCUT2D eigenvalue weighted by molar-refractivity contribution is -0.113. The molecule has 1 heterocycles. The highest BCUT2D eigenvalue weighted by Crippen LogP contribution is 2.24. The predicted octanol–water partition coefficient (Wildman–Crippen LogP) is 6.09. The number of aromatic nitrogens is 3. The number of carbonyl (C=O) groups excluding carboxylic acids is 1. The van der Waals surface area contributed by atoms with Crippen molar-refractivity contribution in [2.24, 2.45) is 0 Å². The summed E-state index contributed by atoms with van der Waals surface area (Å²) in [5.41, 5.74) is 1.98. The van der Waals surface area contributed by atoms with E-state index in [1.807, 2.05) is 53.1 Å². The Morgan fingerprint density at radius 2 is 1.68 bits per heavy atom. The third-order valence-corrected chi connectivity index (χ3v) is 6.67. The summed E-state index contributed by atoms with van der Waals surface area (Å²) in [6.07, 6.45) is 2.49. The molecule has 0 aliphatic rings. The van der Waals surface area contributed by atoms with Gasteiger partial charge in [0.05, 0.1) is 5.75 Å². The fourth-order valence-electron chi connectivity index (χ4n) is 4.08. The van der Waals surface area contributed by atoms with E-state index in [1.165, 1.54) is 28.1 Å². The molecule has 0 bridgehead atoms. The molecule has 0 atom stereocenters. The van der Waals surface area contributed by atoms with Crippen LogP contribution < -0.4 is 5.32 Å². The van der Waals surface area contributed by atoms with Gasteiger partial charge in [0.2, 0.25) is 5.91 Å². The lowest BCUT2D eigenvalue weighted by atomic mass is 10.0. The first-order chi connectivity index (χ1) is 16.7. The molecular formula is C28H24N4OS. The Morgan fingerprint density at radius 1 is 0.912 bits per heavy atom. The van der Waals surface area contributed by atoms with Crippen LogP contribution in [-0.2, 0) is 17.8 Å². The Bertz CT molecular complexity index is 1490. The zero-order valence-electron chi connectivity index (χ0n) is 18.6. The van der Waals surface area contributed by atoms with Crippen LogP contribution in [0.1, 0.15) is 11.4 Å². The molecule has 168 valence electrons. The molecule has 5 rings (SSSR count). The second kappa shape index (κ2) is 9.93. The van der Waals surface area contributed by atoms with E-state index in [-0.39, 0.29) is 11.7 Å². The second-order valence-electron chi connectivity index (χ2n) is 8.01. The normalized spacial score (nSPS) is 11.1. The summed E-state index contributed by atoms with van der Waals surface area (Å²) < 4.78 is 2.03. The molecule has 1 amide bonds. The van der Waals surface area contributed by atoms with Crippen molar-refractivity contribution in [1.82, 2.24) is 14.8 Å². The van der Waals surface area contributed by atoms with Crippen molar-refractivity contribution < 1.29 is 4.79 Å². The monoisotopic (exact) mass is 464 g/mol. The maximum atomic E-state index is 12.6. The Kier molecular flexibility index (Phi) is 6.40. The lowest BCUT2D eigenvalue weighted by Crippen LogP contribution is -2.14. The number of fused-ring (bicyclic) bond motifs is 2. The molecule has 4 aromatic carbocycles. The van der Waals surface area contributed by atoms with Gasteiger partial charge in [-0.25, -0.2) is 0 Å². The topological polar surface area (TPSA) is 59.8 Å². The zero-order valence-corrected chi connectivity index (χ0v) is 19.5. The molecule has 34 heavy (non-hydrogen) atoms. The van der Waals surface area contributed by atoms with Gasteiger partial charge in [0, 0.05) is 18.7 Å². The highest BCUT2D eigenvalue weighted by atomic mass is 32.2. The van der Waals surface area contributed by atoms with Crippen molar-refractivity contribution in [1.29, 1.82) is 0 Å². The molecule has 0 radical (unpaired) electrons. The molecule has 5 aromatic rings. The molecule has 1 N–H and O–H groups in total. The number of carbonyl (C=O) groups is 1. The van der Waals surface area contributed by atoms with Crippen molar-refractivity contribution in [3.8, 4) is 0 Å². The minimum atomic E-state index is -0.0796. The van der Waals surface area contributed by atoms with E-state index in [1.54, 1.807) is 0 Å². The van der Waals surface area contributed by atoms with Gasteiger partial charge >= 0.3 is 0 Å². The number of rotatable bonds is 8. The van der Waals surface area contributed by atoms with E-state index in [4.69, 9.17) is 0 Å². The summed E-state index contributed by atoms with van der Waals surface area (Å²) in [6.45, 7) is 4.47. The van der Waals surface area contributed by atoms with Crippen LogP contribution in [0.3, 0.4) is 0 Å². The maximum absolute atomic E-state index is 12.6. The average molecular weight is 465 g/mol. The highest BCUT2D eigenvalue weighted by molar-refractivity contribution is 7.99. The van der Waals surface area contributed by atoms with Crippen LogP contribution in [0.15, 0.2) is 103 Å². The number of thioether (sulfide) groups is 1. The molecule has 1 aromatic heterocycles. The van der Waals surface area contributed by atoms with E-state index in [0.29, 0.717) is 18.1 Å². The molecule has 0 aliphatic heterocycles. The van der Waals surface area contributed by atoms with E-state index < -0.39 is 0 Å². The summed E-state index contributed by atoms with van der Waals surface area (Å²) in [5.74, 6) is 1.02. The first-order valence-corrected chi connectivity index (χ1v) is 12.1. The van der Waals surface area contributed by atoms with Gasteiger partial charge in [-0.05, 0) is 39.2 Å². The van der Waals surface area contributed by atoms with Gasteiger partial charge in [-0.3, -0.25) is 4.79 Å². The zero-order chi connectivity index (χ0) is 23.3. The SMILES string of the molecule is C=CCn1c(Cc2cccc3ccccc23)nnc1SCC(=O)Nc1ccc2ccccc2c1. The van der Waals surface area contributed by atoms with E-state index in [9.17, 15) is 4.79 Å². The van der Waals surface area contributed by atoms with Gasteiger partial charge in [-0.15, -0.1) is 16.8 Å². The quantitative estimate of drug-likeness (QED) is 0.223. The number of anilines is 1. The minimum absolute atomic E-state index is 0.0796. The van der Waals surface area contributed by atoms with Gasteiger partial charge in [0.15, 0.2) is 5.16 Å². The van der Waals surface area contributed by atoms with Crippen LogP contribution in [-0.4, -0.2) is 26.4 Å². The van der Waals surface area contributed by atoms with E-state index >= 15 is 0 Å². The van der Waals surface area contributed by atoms with Crippen LogP contribution in [0.5, 0.6) is 0 Å². The molecule has 0 saturated carbocycles. The fraction of sp³-hybridized carbons (Fsp3) is 0.107. The van der Waals surface area contributed by atoms with Crippen molar-refractivity contribution in [2.45, 2.75) is 18.1 Å². The van der Waals surface area contributed by atoms with Crippen LogP contribution in [0.4, 0.5) is 5.69 Å². The van der Waals surface area contributed by atoms with E-state index in [0.717, 1.165) is 22.3 Å². The van der Waals surface area contributed by atoms with Crippen LogP contribution in [0.25, 0.3) is 21.5 Å². The number of allylic oxidation sites excluding steroid dienone is 1. The van der Waals surface area contributed by atoms with Crippen LogP contribution in [0.2, 0.25) is 0 Å². The minimum Gasteiger partial charge on any atom is -0.325 e. The number of amides is 1. The Morgan fingerprint density at radius 3 is 2.53 bits per heavy atom. The average Bonchev–Trinajstić information content (AvgIpc) is 3.24. The van der Waals surface area contributed by atoms with Gasteiger partial charge in [-0.2, -0.15) is 0 Å². The second-order valence-corrected chi connectivity index (χ2v) is 8.95. The van der Waals surface area contributed by atoms with Crippen LogP contribution in [0, 0.1) is 0 Å². The van der Waals surface area contributed by atoms with Crippen molar-refractivity contribution in [3.05, 3.63) is 109 Å². The third-order valence-electron chi connectivity index (χ3n) is 5.70. The van der Waals surface area contributed by atoms with Gasteiger partial charge < -0.3 is 9.88 Å². The third kappa shape index (κ3) is 4.72. The summed E-state index contributed by atoms with van der Waals surface area (Å²) in [6, 6.07) is 28.7. The molecule has 0 aliphatic carbocycles. The Balaban J connectivity index is 1.30. The summed E-state index contributed by atoms with van der Waals surface area (Å²) >= 11 is 1.38. The summed E-state index contributed by atoms with van der Waals surface area (Å²) in [4.78, 5) is 12.6. The van der Waals surface area contributed by atoms with Crippen molar-refractivity contribution in [2.75, 3.05) is 11.1 Å². The molecule has 5 nitrogen and oxygen atoms in total. The van der Waals surface area contributed by atoms with E-state index in [2.05, 4.69) is 64.6 Å². The lowest BCUT2D eigenvalue weighted by Gasteiger charge is -2.10. The summed E-state index contributed by atoms with van der Waals surface area (Å²) in [5, 5.41) is 17.2. The largest absolute Gasteiger partial charge is 0.325 e. The van der Waals surface area contributed by atoms with Gasteiger partial charge in [0.1, 0.15) is 5.82 Å².